The third kappa shape index (κ3) is 4.88. The Balaban J connectivity index is 1.75. The Labute approximate surface area is 177 Å². The third-order valence-electron chi connectivity index (χ3n) is 4.37. The molecular weight excluding hydrogens is 402 g/mol. The van der Waals surface area contributed by atoms with Crippen molar-refractivity contribution in [3.8, 4) is 0 Å². The Morgan fingerprint density at radius 1 is 1.03 bits per heavy atom. The van der Waals surface area contributed by atoms with Crippen LogP contribution in [0.5, 0.6) is 0 Å². The zero-order valence-electron chi connectivity index (χ0n) is 18.0. The van der Waals surface area contributed by atoms with Crippen LogP contribution in [0.25, 0.3) is 0 Å². The Hall–Kier alpha value is -3.14. The van der Waals surface area contributed by atoms with Crippen LogP contribution < -0.4 is 14.9 Å². The van der Waals surface area contributed by atoms with Crippen LogP contribution in [-0.2, 0) is 17.1 Å². The van der Waals surface area contributed by atoms with Crippen molar-refractivity contribution in [2.75, 3.05) is 29.0 Å². The molecule has 0 spiro atoms. The molecular formula is C20H27N7O2S. The molecule has 0 radical (unpaired) electrons. The lowest BCUT2D eigenvalue weighted by Gasteiger charge is -2.14. The topological polar surface area (TPSA) is 105 Å². The van der Waals surface area contributed by atoms with Crippen LogP contribution in [0.4, 0.5) is 23.0 Å². The molecule has 3 aromatic rings. The van der Waals surface area contributed by atoms with Crippen molar-refractivity contribution in [3.05, 3.63) is 48.2 Å². The first-order valence-electron chi connectivity index (χ1n) is 9.51. The summed E-state index contributed by atoms with van der Waals surface area (Å²) in [6.07, 6.45) is 1.52. The number of benzene rings is 1. The first-order chi connectivity index (χ1) is 14.0. The second kappa shape index (κ2) is 8.31. The number of hydrogen-bond acceptors (Lipinski definition) is 7. The molecule has 9 nitrogen and oxygen atoms in total. The summed E-state index contributed by atoms with van der Waals surface area (Å²) in [5, 5.41) is 3.22. The normalized spacial score (nSPS) is 11.6. The summed E-state index contributed by atoms with van der Waals surface area (Å²) in [4.78, 5) is 14.9. The quantitative estimate of drug-likeness (QED) is 0.594. The van der Waals surface area contributed by atoms with Crippen molar-refractivity contribution in [3.63, 3.8) is 0 Å². The number of sulfonamides is 1. The van der Waals surface area contributed by atoms with Gasteiger partial charge in [-0.15, -0.1) is 0 Å². The molecule has 0 saturated heterocycles. The van der Waals surface area contributed by atoms with E-state index in [2.05, 4.69) is 25.0 Å². The standard InChI is InChI=1S/C20H27N7O2S/c1-13(2)20-24-19(12-27(20)6)30(28,29)25-16-9-7-15(8-10-16)23-17-11-18(26(4)5)22-14(3)21-17/h7-13,25H,1-6H3,(H,21,22,23). The van der Waals surface area contributed by atoms with Crippen LogP contribution in [-0.4, -0.2) is 42.0 Å². The van der Waals surface area contributed by atoms with Gasteiger partial charge in [0.25, 0.3) is 10.0 Å². The summed E-state index contributed by atoms with van der Waals surface area (Å²) in [5.41, 5.74) is 1.23. The van der Waals surface area contributed by atoms with E-state index >= 15 is 0 Å². The lowest BCUT2D eigenvalue weighted by Crippen LogP contribution is -2.13. The monoisotopic (exact) mass is 429 g/mol. The highest BCUT2D eigenvalue weighted by Crippen LogP contribution is 2.23. The second-order valence-electron chi connectivity index (χ2n) is 7.56. The largest absolute Gasteiger partial charge is 0.363 e. The second-order valence-corrected chi connectivity index (χ2v) is 9.19. The summed E-state index contributed by atoms with van der Waals surface area (Å²) in [5.74, 6) is 2.96. The minimum Gasteiger partial charge on any atom is -0.363 e. The SMILES string of the molecule is Cc1nc(Nc2ccc(NS(=O)(=O)c3cn(C)c(C(C)C)n3)cc2)cc(N(C)C)n1. The van der Waals surface area contributed by atoms with Gasteiger partial charge >= 0.3 is 0 Å². The van der Waals surface area contributed by atoms with Crippen LogP contribution in [0.15, 0.2) is 41.6 Å². The highest BCUT2D eigenvalue weighted by molar-refractivity contribution is 7.92. The smallest absolute Gasteiger partial charge is 0.280 e. The van der Waals surface area contributed by atoms with E-state index in [0.717, 1.165) is 11.5 Å². The van der Waals surface area contributed by atoms with Crippen molar-refractivity contribution in [1.82, 2.24) is 19.5 Å². The number of rotatable bonds is 7. The number of hydrogen-bond donors (Lipinski definition) is 2. The zero-order valence-corrected chi connectivity index (χ0v) is 18.8. The van der Waals surface area contributed by atoms with Gasteiger partial charge in [-0.05, 0) is 31.2 Å². The van der Waals surface area contributed by atoms with Gasteiger partial charge in [0.1, 0.15) is 23.3 Å². The summed E-state index contributed by atoms with van der Waals surface area (Å²) in [6.45, 7) is 5.77. The first-order valence-corrected chi connectivity index (χ1v) is 11.0. The molecule has 0 aliphatic rings. The first kappa shape index (κ1) is 21.6. The van der Waals surface area contributed by atoms with Crippen LogP contribution in [0.2, 0.25) is 0 Å². The molecule has 0 saturated carbocycles. The molecule has 3 rings (SSSR count). The summed E-state index contributed by atoms with van der Waals surface area (Å²) >= 11 is 0. The highest BCUT2D eigenvalue weighted by atomic mass is 32.2. The summed E-state index contributed by atoms with van der Waals surface area (Å²) < 4.78 is 29.7. The van der Waals surface area contributed by atoms with E-state index in [1.807, 2.05) is 45.8 Å². The Morgan fingerprint density at radius 3 is 2.23 bits per heavy atom. The van der Waals surface area contributed by atoms with E-state index in [0.29, 0.717) is 23.2 Å². The molecule has 0 aliphatic heterocycles. The molecule has 0 bridgehead atoms. The average Bonchev–Trinajstić information content (AvgIpc) is 3.06. The molecule has 0 unspecified atom stereocenters. The fourth-order valence-corrected chi connectivity index (χ4v) is 4.00. The van der Waals surface area contributed by atoms with Gasteiger partial charge in [0.15, 0.2) is 5.03 Å². The summed E-state index contributed by atoms with van der Waals surface area (Å²) in [6, 6.07) is 8.78. The Kier molecular flexibility index (Phi) is 5.97. The molecule has 1 aromatic carbocycles. The van der Waals surface area contributed by atoms with E-state index in [1.165, 1.54) is 6.20 Å². The number of aromatic nitrogens is 4. The van der Waals surface area contributed by atoms with Gasteiger partial charge in [-0.25, -0.2) is 15.0 Å². The minimum atomic E-state index is -3.77. The van der Waals surface area contributed by atoms with Gasteiger partial charge in [-0.3, -0.25) is 4.72 Å². The number of aryl methyl sites for hydroxylation is 2. The van der Waals surface area contributed by atoms with Crippen molar-refractivity contribution in [2.45, 2.75) is 31.7 Å². The molecule has 160 valence electrons. The van der Waals surface area contributed by atoms with Gasteiger partial charge in [-0.1, -0.05) is 13.8 Å². The molecule has 0 amide bonds. The van der Waals surface area contributed by atoms with E-state index in [1.54, 1.807) is 35.9 Å². The predicted molar refractivity (Wildman–Crippen MR) is 119 cm³/mol. The van der Waals surface area contributed by atoms with Gasteiger partial charge in [0, 0.05) is 50.7 Å². The fourth-order valence-electron chi connectivity index (χ4n) is 2.94. The minimum absolute atomic E-state index is 0.00331. The molecule has 30 heavy (non-hydrogen) atoms. The molecule has 0 atom stereocenters. The fraction of sp³-hybridized carbons (Fsp3) is 0.350. The molecule has 2 heterocycles. The summed E-state index contributed by atoms with van der Waals surface area (Å²) in [7, 11) is 1.85. The average molecular weight is 430 g/mol. The number of imidazole rings is 1. The maximum Gasteiger partial charge on any atom is 0.280 e. The number of anilines is 4. The molecule has 2 aromatic heterocycles. The van der Waals surface area contributed by atoms with Crippen LogP contribution >= 0.6 is 0 Å². The maximum atomic E-state index is 12.7. The lowest BCUT2D eigenvalue weighted by molar-refractivity contribution is 0.597. The Bertz CT molecular complexity index is 1140. The van der Waals surface area contributed by atoms with Crippen molar-refractivity contribution in [1.29, 1.82) is 0 Å². The van der Waals surface area contributed by atoms with E-state index in [4.69, 9.17) is 0 Å². The van der Waals surface area contributed by atoms with Crippen LogP contribution in [0, 0.1) is 6.92 Å². The zero-order chi connectivity index (χ0) is 22.1. The molecule has 10 heteroatoms. The van der Waals surface area contributed by atoms with E-state index < -0.39 is 10.0 Å². The van der Waals surface area contributed by atoms with Crippen LogP contribution in [0.3, 0.4) is 0 Å². The van der Waals surface area contributed by atoms with Gasteiger partial charge in [0.2, 0.25) is 0 Å². The molecule has 0 fully saturated rings. The lowest BCUT2D eigenvalue weighted by atomic mass is 10.2. The number of nitrogens with one attached hydrogen (secondary N) is 2. The van der Waals surface area contributed by atoms with E-state index in [-0.39, 0.29) is 10.9 Å². The highest BCUT2D eigenvalue weighted by Gasteiger charge is 2.20. The van der Waals surface area contributed by atoms with Crippen molar-refractivity contribution >= 4 is 33.0 Å². The Morgan fingerprint density at radius 2 is 1.67 bits per heavy atom. The maximum absolute atomic E-state index is 12.7. The van der Waals surface area contributed by atoms with Crippen molar-refractivity contribution < 1.29 is 8.42 Å². The number of nitrogens with zero attached hydrogens (tertiary/aromatic N) is 5. The van der Waals surface area contributed by atoms with Gasteiger partial charge in [0.05, 0.1) is 0 Å². The molecule has 0 aliphatic carbocycles. The van der Waals surface area contributed by atoms with Crippen molar-refractivity contribution in [2.24, 2.45) is 7.05 Å². The molecule has 2 N–H and O–H groups in total. The van der Waals surface area contributed by atoms with Crippen LogP contribution in [0.1, 0.15) is 31.4 Å². The predicted octanol–water partition coefficient (Wildman–Crippen LogP) is 3.25. The van der Waals surface area contributed by atoms with Gasteiger partial charge in [-0.2, -0.15) is 8.42 Å². The third-order valence-corrected chi connectivity index (χ3v) is 5.63. The van der Waals surface area contributed by atoms with E-state index in [9.17, 15) is 8.42 Å². The van der Waals surface area contributed by atoms with Gasteiger partial charge < -0.3 is 14.8 Å².